The maximum Gasteiger partial charge on any atom is 0.419 e. The van der Waals surface area contributed by atoms with Crippen LogP contribution in [-0.4, -0.2) is 37.7 Å². The third-order valence-electron chi connectivity index (χ3n) is 5.10. The summed E-state index contributed by atoms with van der Waals surface area (Å²) >= 11 is 0. The number of pyridine rings is 1. The Morgan fingerprint density at radius 3 is 2.23 bits per heavy atom. The molecule has 0 amide bonds. The minimum absolute atomic E-state index is 0.307. The maximum absolute atomic E-state index is 13.7. The molecule has 1 aromatic carbocycles. The summed E-state index contributed by atoms with van der Waals surface area (Å²) in [5, 5.41) is 0. The molecular formula is C19H15F9N2O. The predicted molar refractivity (Wildman–Crippen MR) is 91.6 cm³/mol. The molecule has 1 aliphatic heterocycles. The molecular weight excluding hydrogens is 443 g/mol. The standard InChI is InChI=1S/C19H15F9N2O/c20-6-17(7-21)8-31-16-11(17)4-14(12(5-29)19(26,27)28)30-15(16)9-1-2-13(22)10(3-9)18(23,24)25/h1-4,12H,5-8,29H2. The zero-order chi connectivity index (χ0) is 23.2. The fourth-order valence-electron chi connectivity index (χ4n) is 3.32. The smallest absolute Gasteiger partial charge is 0.419 e. The van der Waals surface area contributed by atoms with Gasteiger partial charge in [-0.05, 0) is 24.3 Å². The van der Waals surface area contributed by atoms with E-state index in [0.717, 1.165) is 12.1 Å². The molecule has 3 nitrogen and oxygen atoms in total. The number of nitrogens with two attached hydrogens (primary N) is 1. The maximum atomic E-state index is 13.7. The lowest BCUT2D eigenvalue weighted by molar-refractivity contribution is -0.148. The zero-order valence-corrected chi connectivity index (χ0v) is 15.5. The SMILES string of the molecule is NCC(c1cc2c(c(-c3ccc(F)c(C(F)(F)F)c3)n1)OCC2(CF)CF)C(F)(F)F. The fourth-order valence-corrected chi connectivity index (χ4v) is 3.32. The van der Waals surface area contributed by atoms with Crippen molar-refractivity contribution in [2.45, 2.75) is 23.7 Å². The van der Waals surface area contributed by atoms with E-state index in [1.54, 1.807) is 0 Å². The van der Waals surface area contributed by atoms with Gasteiger partial charge in [0.1, 0.15) is 43.1 Å². The van der Waals surface area contributed by atoms with Crippen molar-refractivity contribution in [1.29, 1.82) is 0 Å². The van der Waals surface area contributed by atoms with Crippen LogP contribution in [0.5, 0.6) is 5.75 Å². The first-order valence-corrected chi connectivity index (χ1v) is 8.82. The van der Waals surface area contributed by atoms with Crippen LogP contribution in [-0.2, 0) is 11.6 Å². The van der Waals surface area contributed by atoms with E-state index in [1.165, 1.54) is 0 Å². The van der Waals surface area contributed by atoms with Crippen LogP contribution >= 0.6 is 0 Å². The van der Waals surface area contributed by atoms with Crippen LogP contribution < -0.4 is 10.5 Å². The Bertz CT molecular complexity index is 968. The highest BCUT2D eigenvalue weighted by Gasteiger charge is 2.47. The lowest BCUT2D eigenvalue weighted by Gasteiger charge is -2.23. The molecule has 2 heterocycles. The van der Waals surface area contributed by atoms with E-state index in [-0.39, 0.29) is 11.3 Å². The highest BCUT2D eigenvalue weighted by atomic mass is 19.4. The van der Waals surface area contributed by atoms with Gasteiger partial charge in [0.25, 0.3) is 0 Å². The molecule has 12 heteroatoms. The molecule has 2 N–H and O–H groups in total. The van der Waals surface area contributed by atoms with Crippen molar-refractivity contribution in [2.24, 2.45) is 5.73 Å². The second-order valence-electron chi connectivity index (χ2n) is 7.13. The summed E-state index contributed by atoms with van der Waals surface area (Å²) in [4.78, 5) is 3.78. The number of ether oxygens (including phenoxy) is 1. The molecule has 0 radical (unpaired) electrons. The first-order chi connectivity index (χ1) is 14.4. The molecule has 0 saturated carbocycles. The lowest BCUT2D eigenvalue weighted by Crippen LogP contribution is -2.34. The van der Waals surface area contributed by atoms with E-state index < -0.39 is 78.5 Å². The summed E-state index contributed by atoms with van der Waals surface area (Å²) < 4.78 is 126. The summed E-state index contributed by atoms with van der Waals surface area (Å²) in [6, 6.07) is 2.48. The number of hydrogen-bond acceptors (Lipinski definition) is 3. The normalized spacial score (nSPS) is 16.7. The molecule has 1 aliphatic rings. The lowest BCUT2D eigenvalue weighted by atomic mass is 9.83. The van der Waals surface area contributed by atoms with Crippen molar-refractivity contribution in [3.8, 4) is 17.0 Å². The van der Waals surface area contributed by atoms with E-state index in [9.17, 15) is 39.5 Å². The zero-order valence-electron chi connectivity index (χ0n) is 15.5. The van der Waals surface area contributed by atoms with E-state index in [4.69, 9.17) is 10.5 Å². The van der Waals surface area contributed by atoms with Gasteiger partial charge in [0.2, 0.25) is 0 Å². The van der Waals surface area contributed by atoms with Gasteiger partial charge in [-0.25, -0.2) is 18.2 Å². The van der Waals surface area contributed by atoms with Crippen molar-refractivity contribution in [2.75, 3.05) is 26.5 Å². The topological polar surface area (TPSA) is 48.1 Å². The van der Waals surface area contributed by atoms with Crippen LogP contribution in [0.3, 0.4) is 0 Å². The van der Waals surface area contributed by atoms with Crippen LogP contribution in [0, 0.1) is 5.82 Å². The first kappa shape index (κ1) is 23.2. The average Bonchev–Trinajstić information content (AvgIpc) is 3.05. The molecule has 1 atom stereocenters. The second kappa shape index (κ2) is 7.88. The number of aromatic nitrogens is 1. The average molecular weight is 458 g/mol. The highest BCUT2D eigenvalue weighted by molar-refractivity contribution is 5.71. The van der Waals surface area contributed by atoms with Gasteiger partial charge in [0, 0.05) is 17.7 Å². The van der Waals surface area contributed by atoms with E-state index in [1.807, 2.05) is 0 Å². The van der Waals surface area contributed by atoms with E-state index in [0.29, 0.717) is 12.1 Å². The number of halogens is 9. The van der Waals surface area contributed by atoms with Crippen molar-refractivity contribution in [3.05, 3.63) is 46.9 Å². The molecule has 3 rings (SSSR count). The Kier molecular flexibility index (Phi) is 5.89. The van der Waals surface area contributed by atoms with Gasteiger partial charge in [-0.3, -0.25) is 0 Å². The van der Waals surface area contributed by atoms with Gasteiger partial charge < -0.3 is 10.5 Å². The van der Waals surface area contributed by atoms with Gasteiger partial charge in [-0.1, -0.05) is 0 Å². The highest BCUT2D eigenvalue weighted by Crippen LogP contribution is 2.47. The predicted octanol–water partition coefficient (Wildman–Crippen LogP) is 5.08. The number of nitrogens with zero attached hydrogens (tertiary/aromatic N) is 1. The Balaban J connectivity index is 2.31. The van der Waals surface area contributed by atoms with Crippen LogP contribution in [0.25, 0.3) is 11.3 Å². The molecule has 1 aromatic heterocycles. The van der Waals surface area contributed by atoms with Crippen LogP contribution in [0.2, 0.25) is 0 Å². The van der Waals surface area contributed by atoms with Gasteiger partial charge in [0.15, 0.2) is 0 Å². The second-order valence-corrected chi connectivity index (χ2v) is 7.13. The summed E-state index contributed by atoms with van der Waals surface area (Å²) in [5.41, 5.74) is -0.408. The minimum atomic E-state index is -5.10. The Hall–Kier alpha value is -2.50. The van der Waals surface area contributed by atoms with Crippen LogP contribution in [0.4, 0.5) is 39.5 Å². The van der Waals surface area contributed by atoms with Gasteiger partial charge >= 0.3 is 12.4 Å². The van der Waals surface area contributed by atoms with Crippen LogP contribution in [0.15, 0.2) is 24.3 Å². The van der Waals surface area contributed by atoms with Crippen molar-refractivity contribution in [3.63, 3.8) is 0 Å². The summed E-state index contributed by atoms with van der Waals surface area (Å²) in [5.74, 6) is -4.32. The Labute approximate surface area is 170 Å². The first-order valence-electron chi connectivity index (χ1n) is 8.82. The Morgan fingerprint density at radius 1 is 1.06 bits per heavy atom. The molecule has 0 saturated heterocycles. The van der Waals surface area contributed by atoms with Crippen LogP contribution in [0.1, 0.15) is 22.7 Å². The summed E-state index contributed by atoms with van der Waals surface area (Å²) in [7, 11) is 0. The molecule has 170 valence electrons. The Morgan fingerprint density at radius 2 is 1.71 bits per heavy atom. The number of hydrogen-bond donors (Lipinski definition) is 1. The number of fused-ring (bicyclic) bond motifs is 1. The van der Waals surface area contributed by atoms with Crippen molar-refractivity contribution in [1.82, 2.24) is 4.98 Å². The monoisotopic (exact) mass is 458 g/mol. The quantitative estimate of drug-likeness (QED) is 0.636. The fraction of sp³-hybridized carbons (Fsp3) is 0.421. The molecule has 2 aromatic rings. The summed E-state index contributed by atoms with van der Waals surface area (Å²) in [6.45, 7) is -4.24. The molecule has 0 fully saturated rings. The molecule has 0 aliphatic carbocycles. The minimum Gasteiger partial charge on any atom is -0.490 e. The van der Waals surface area contributed by atoms with Crippen molar-refractivity contribution < 1.29 is 44.3 Å². The third kappa shape index (κ3) is 4.04. The third-order valence-corrected chi connectivity index (χ3v) is 5.10. The number of alkyl halides is 8. The number of benzene rings is 1. The largest absolute Gasteiger partial charge is 0.490 e. The summed E-state index contributed by atoms with van der Waals surface area (Å²) in [6.07, 6.45) is -9.99. The van der Waals surface area contributed by atoms with E-state index in [2.05, 4.69) is 4.98 Å². The molecule has 0 spiro atoms. The van der Waals surface area contributed by atoms with Gasteiger partial charge in [0.05, 0.1) is 16.7 Å². The number of rotatable bonds is 5. The van der Waals surface area contributed by atoms with E-state index >= 15 is 0 Å². The van der Waals surface area contributed by atoms with Gasteiger partial charge in [-0.2, -0.15) is 26.3 Å². The van der Waals surface area contributed by atoms with Gasteiger partial charge in [-0.15, -0.1) is 0 Å². The molecule has 31 heavy (non-hydrogen) atoms. The molecule has 1 unspecified atom stereocenters. The molecule has 0 bridgehead atoms. The van der Waals surface area contributed by atoms with Crippen molar-refractivity contribution >= 4 is 0 Å².